The Morgan fingerprint density at radius 2 is 1.36 bits per heavy atom. The summed E-state index contributed by atoms with van der Waals surface area (Å²) >= 11 is 0. The predicted octanol–water partition coefficient (Wildman–Crippen LogP) is 5.06. The highest BCUT2D eigenvalue weighted by atomic mass is 32.2. The molecule has 0 amide bonds. The average molecular weight is 501 g/mol. The SMILES string of the molecule is COc1ccc(CN(CC(O)Cn2c3ccccc3c3ccccc32)S(=O)(=O)c2ccccc2)cc1. The standard InChI is InChI=1S/C29H28N2O4S/c1-35-24-17-15-22(16-18-24)19-30(36(33,34)25-9-3-2-4-10-25)20-23(32)21-31-28-13-7-5-11-26(28)27-12-6-8-14-29(27)31/h2-18,23,32H,19-21H2,1H3. The lowest BCUT2D eigenvalue weighted by Gasteiger charge is -2.25. The van der Waals surface area contributed by atoms with Gasteiger partial charge in [0.05, 0.1) is 24.7 Å². The van der Waals surface area contributed by atoms with E-state index in [1.807, 2.05) is 48.5 Å². The van der Waals surface area contributed by atoms with Crippen molar-refractivity contribution in [3.63, 3.8) is 0 Å². The van der Waals surface area contributed by atoms with E-state index in [0.29, 0.717) is 5.75 Å². The fourth-order valence-corrected chi connectivity index (χ4v) is 6.11. The number of rotatable bonds is 9. The van der Waals surface area contributed by atoms with E-state index >= 15 is 0 Å². The second kappa shape index (κ2) is 10.1. The Balaban J connectivity index is 1.47. The molecule has 0 spiro atoms. The van der Waals surface area contributed by atoms with Crippen molar-refractivity contribution in [3.05, 3.63) is 109 Å². The van der Waals surface area contributed by atoms with Crippen LogP contribution in [-0.2, 0) is 23.1 Å². The zero-order valence-corrected chi connectivity index (χ0v) is 20.8. The minimum absolute atomic E-state index is 0.0515. The van der Waals surface area contributed by atoms with E-state index in [9.17, 15) is 13.5 Å². The highest BCUT2D eigenvalue weighted by Crippen LogP contribution is 2.29. The van der Waals surface area contributed by atoms with E-state index in [4.69, 9.17) is 4.74 Å². The molecule has 7 heteroatoms. The number of aliphatic hydroxyl groups is 1. The third kappa shape index (κ3) is 4.73. The summed E-state index contributed by atoms with van der Waals surface area (Å²) in [7, 11) is -2.25. The van der Waals surface area contributed by atoms with Gasteiger partial charge in [0.1, 0.15) is 5.75 Å². The van der Waals surface area contributed by atoms with Crippen molar-refractivity contribution in [3.8, 4) is 5.75 Å². The maximum absolute atomic E-state index is 13.6. The van der Waals surface area contributed by atoms with E-state index in [2.05, 4.69) is 16.7 Å². The van der Waals surface area contributed by atoms with Crippen molar-refractivity contribution >= 4 is 31.8 Å². The smallest absolute Gasteiger partial charge is 0.243 e. The summed E-state index contributed by atoms with van der Waals surface area (Å²) in [5.41, 5.74) is 2.81. The zero-order valence-electron chi connectivity index (χ0n) is 20.0. The number of hydrogen-bond acceptors (Lipinski definition) is 4. The van der Waals surface area contributed by atoms with E-state index in [-0.39, 0.29) is 24.5 Å². The lowest BCUT2D eigenvalue weighted by molar-refractivity contribution is 0.128. The molecule has 0 radical (unpaired) electrons. The molecule has 1 aromatic heterocycles. The van der Waals surface area contributed by atoms with Gasteiger partial charge in [-0.15, -0.1) is 0 Å². The normalized spacial score (nSPS) is 12.9. The van der Waals surface area contributed by atoms with Crippen LogP contribution >= 0.6 is 0 Å². The van der Waals surface area contributed by atoms with E-state index in [1.165, 1.54) is 4.31 Å². The molecular formula is C29H28N2O4S. The van der Waals surface area contributed by atoms with E-state index in [1.54, 1.807) is 49.6 Å². The van der Waals surface area contributed by atoms with Gasteiger partial charge < -0.3 is 14.4 Å². The summed E-state index contributed by atoms with van der Waals surface area (Å²) in [5, 5.41) is 13.4. The first kappa shape index (κ1) is 24.1. The Kier molecular flexibility index (Phi) is 6.78. The second-order valence-electron chi connectivity index (χ2n) is 8.76. The monoisotopic (exact) mass is 500 g/mol. The molecule has 184 valence electrons. The molecule has 0 bridgehead atoms. The van der Waals surface area contributed by atoms with Gasteiger partial charge in [-0.2, -0.15) is 4.31 Å². The van der Waals surface area contributed by atoms with Gasteiger partial charge in [-0.3, -0.25) is 0 Å². The number of sulfonamides is 1. The van der Waals surface area contributed by atoms with Crippen LogP contribution in [0.5, 0.6) is 5.75 Å². The molecule has 4 aromatic carbocycles. The highest BCUT2D eigenvalue weighted by Gasteiger charge is 2.27. The highest BCUT2D eigenvalue weighted by molar-refractivity contribution is 7.89. The van der Waals surface area contributed by atoms with Crippen LogP contribution in [0, 0.1) is 0 Å². The quantitative estimate of drug-likeness (QED) is 0.307. The Bertz CT molecular complexity index is 1530. The van der Waals surface area contributed by atoms with Gasteiger partial charge in [-0.1, -0.05) is 66.7 Å². The van der Waals surface area contributed by atoms with Crippen LogP contribution in [-0.4, -0.2) is 42.2 Å². The molecule has 1 heterocycles. The Labute approximate surface area is 211 Å². The molecule has 0 aliphatic carbocycles. The number of nitrogens with zero attached hydrogens (tertiary/aromatic N) is 2. The summed E-state index contributed by atoms with van der Waals surface area (Å²) in [6, 6.07) is 31.8. The third-order valence-corrected chi connectivity index (χ3v) is 8.21. The van der Waals surface area contributed by atoms with Crippen molar-refractivity contribution < 1.29 is 18.3 Å². The largest absolute Gasteiger partial charge is 0.497 e. The minimum atomic E-state index is -3.84. The van der Waals surface area contributed by atoms with Crippen LogP contribution in [0.15, 0.2) is 108 Å². The van der Waals surface area contributed by atoms with Crippen LogP contribution in [0.25, 0.3) is 21.8 Å². The number of aromatic nitrogens is 1. The lowest BCUT2D eigenvalue weighted by Crippen LogP contribution is -2.38. The Morgan fingerprint density at radius 1 is 0.806 bits per heavy atom. The number of para-hydroxylation sites is 2. The number of aliphatic hydroxyl groups excluding tert-OH is 1. The average Bonchev–Trinajstić information content (AvgIpc) is 3.23. The van der Waals surface area contributed by atoms with E-state index in [0.717, 1.165) is 27.4 Å². The van der Waals surface area contributed by atoms with Crippen LogP contribution < -0.4 is 4.74 Å². The van der Waals surface area contributed by atoms with Gasteiger partial charge in [0, 0.05) is 34.9 Å². The minimum Gasteiger partial charge on any atom is -0.497 e. The molecule has 0 aliphatic heterocycles. The number of benzene rings is 4. The summed E-state index contributed by atoms with van der Waals surface area (Å²) in [5.74, 6) is 0.697. The summed E-state index contributed by atoms with van der Waals surface area (Å²) in [4.78, 5) is 0.197. The van der Waals surface area contributed by atoms with Gasteiger partial charge in [-0.05, 0) is 42.0 Å². The van der Waals surface area contributed by atoms with Crippen LogP contribution in [0.2, 0.25) is 0 Å². The van der Waals surface area contributed by atoms with Crippen molar-refractivity contribution in [2.45, 2.75) is 24.1 Å². The molecule has 1 atom stereocenters. The molecule has 0 saturated heterocycles. The fraction of sp³-hybridized carbons (Fsp3) is 0.172. The topological polar surface area (TPSA) is 71.8 Å². The predicted molar refractivity (Wildman–Crippen MR) is 142 cm³/mol. The summed E-state index contributed by atoms with van der Waals surface area (Å²) < 4.78 is 35.9. The van der Waals surface area contributed by atoms with Crippen LogP contribution in [0.4, 0.5) is 0 Å². The molecule has 5 rings (SSSR count). The molecule has 0 saturated carbocycles. The lowest BCUT2D eigenvalue weighted by atomic mass is 10.2. The van der Waals surface area contributed by atoms with E-state index < -0.39 is 16.1 Å². The number of fused-ring (bicyclic) bond motifs is 3. The van der Waals surface area contributed by atoms with Gasteiger partial charge in [-0.25, -0.2) is 8.42 Å². The van der Waals surface area contributed by atoms with Gasteiger partial charge in [0.25, 0.3) is 0 Å². The van der Waals surface area contributed by atoms with Crippen molar-refractivity contribution in [2.75, 3.05) is 13.7 Å². The molecule has 0 aliphatic rings. The molecule has 6 nitrogen and oxygen atoms in total. The van der Waals surface area contributed by atoms with Gasteiger partial charge >= 0.3 is 0 Å². The van der Waals surface area contributed by atoms with Crippen LogP contribution in [0.3, 0.4) is 0 Å². The number of ether oxygens (including phenoxy) is 1. The first-order valence-corrected chi connectivity index (χ1v) is 13.2. The maximum atomic E-state index is 13.6. The first-order chi connectivity index (χ1) is 17.5. The second-order valence-corrected chi connectivity index (χ2v) is 10.7. The number of methoxy groups -OCH3 is 1. The van der Waals surface area contributed by atoms with Crippen molar-refractivity contribution in [1.82, 2.24) is 8.87 Å². The molecule has 5 aromatic rings. The Morgan fingerprint density at radius 3 is 1.94 bits per heavy atom. The van der Waals surface area contributed by atoms with Crippen LogP contribution in [0.1, 0.15) is 5.56 Å². The molecule has 1 unspecified atom stereocenters. The fourth-order valence-electron chi connectivity index (χ4n) is 4.63. The molecule has 1 N–H and O–H groups in total. The molecule has 36 heavy (non-hydrogen) atoms. The van der Waals surface area contributed by atoms with Crippen molar-refractivity contribution in [1.29, 1.82) is 0 Å². The molecular weight excluding hydrogens is 472 g/mol. The molecule has 0 fully saturated rings. The van der Waals surface area contributed by atoms with Crippen molar-refractivity contribution in [2.24, 2.45) is 0 Å². The third-order valence-electron chi connectivity index (χ3n) is 6.39. The first-order valence-electron chi connectivity index (χ1n) is 11.8. The Hall–Kier alpha value is -3.65. The zero-order chi connectivity index (χ0) is 25.1. The van der Waals surface area contributed by atoms with Gasteiger partial charge in [0.15, 0.2) is 0 Å². The summed E-state index contributed by atoms with van der Waals surface area (Å²) in [6.45, 7) is 0.340. The maximum Gasteiger partial charge on any atom is 0.243 e. The summed E-state index contributed by atoms with van der Waals surface area (Å²) in [6.07, 6.45) is -0.930. The van der Waals surface area contributed by atoms with Gasteiger partial charge in [0.2, 0.25) is 10.0 Å². The number of hydrogen-bond donors (Lipinski definition) is 1.